The van der Waals surface area contributed by atoms with E-state index in [9.17, 15) is 18.4 Å². The van der Waals surface area contributed by atoms with Crippen LogP contribution in [0.25, 0.3) is 0 Å². The first kappa shape index (κ1) is 15.9. The van der Waals surface area contributed by atoms with Crippen molar-refractivity contribution < 1.29 is 23.1 Å². The molecule has 0 unspecified atom stereocenters. The molecule has 5 nitrogen and oxygen atoms in total. The van der Waals surface area contributed by atoms with Gasteiger partial charge in [-0.25, -0.2) is 8.78 Å². The van der Waals surface area contributed by atoms with E-state index in [0.29, 0.717) is 17.1 Å². The Labute approximate surface area is 136 Å². The van der Waals surface area contributed by atoms with Crippen LogP contribution in [0, 0.1) is 11.6 Å². The highest BCUT2D eigenvalue weighted by Gasteiger charge is 2.20. The molecule has 2 aromatic rings. The average molecular weight is 332 g/mol. The Bertz CT molecular complexity index is 823. The first-order chi connectivity index (χ1) is 11.5. The number of nitrogens with one attached hydrogen (secondary N) is 1. The van der Waals surface area contributed by atoms with Gasteiger partial charge < -0.3 is 15.0 Å². The van der Waals surface area contributed by atoms with Crippen LogP contribution in [-0.2, 0) is 4.79 Å². The second kappa shape index (κ2) is 6.27. The van der Waals surface area contributed by atoms with Crippen molar-refractivity contribution >= 4 is 23.2 Å². The molecule has 0 atom stereocenters. The van der Waals surface area contributed by atoms with Crippen LogP contribution in [-0.4, -0.2) is 25.5 Å². The second-order valence-corrected chi connectivity index (χ2v) is 5.32. The summed E-state index contributed by atoms with van der Waals surface area (Å²) in [5.74, 6) is -2.26. The van der Waals surface area contributed by atoms with Crippen LogP contribution in [0.5, 0.6) is 5.75 Å². The molecule has 2 amide bonds. The number of rotatable bonds is 2. The summed E-state index contributed by atoms with van der Waals surface area (Å²) in [6.07, 6.45) is 0.266. The van der Waals surface area contributed by atoms with Crippen molar-refractivity contribution in [3.05, 3.63) is 53.6 Å². The Morgan fingerprint density at radius 2 is 1.96 bits per heavy atom. The number of nitrogens with zero attached hydrogens (tertiary/aromatic N) is 1. The van der Waals surface area contributed by atoms with Gasteiger partial charge in [-0.05, 0) is 36.4 Å². The topological polar surface area (TPSA) is 58.6 Å². The number of hydrogen-bond acceptors (Lipinski definition) is 3. The lowest BCUT2D eigenvalue weighted by Crippen LogP contribution is -2.25. The largest absolute Gasteiger partial charge is 0.491 e. The molecule has 0 saturated heterocycles. The van der Waals surface area contributed by atoms with E-state index >= 15 is 0 Å². The molecule has 3 rings (SSSR count). The standard InChI is InChI=1S/C17H14F2N2O3/c1-21-14-9-11(3-5-15(14)24-7-6-16(21)22)20-17(23)10-2-4-12(18)13(19)8-10/h2-5,8-9H,6-7H2,1H3,(H,20,23). The van der Waals surface area contributed by atoms with E-state index in [-0.39, 0.29) is 24.5 Å². The lowest BCUT2D eigenvalue weighted by molar-refractivity contribution is -0.118. The molecule has 24 heavy (non-hydrogen) atoms. The number of halogens is 2. The van der Waals surface area contributed by atoms with Crippen LogP contribution in [0.2, 0.25) is 0 Å². The van der Waals surface area contributed by atoms with Gasteiger partial charge in [0.2, 0.25) is 5.91 Å². The second-order valence-electron chi connectivity index (χ2n) is 5.32. The SMILES string of the molecule is CN1C(=O)CCOc2ccc(NC(=O)c3ccc(F)c(F)c3)cc21. The average Bonchev–Trinajstić information content (AvgIpc) is 2.70. The maximum Gasteiger partial charge on any atom is 0.255 e. The first-order valence-corrected chi connectivity index (χ1v) is 7.25. The van der Waals surface area contributed by atoms with Crippen LogP contribution in [0.15, 0.2) is 36.4 Å². The molecular weight excluding hydrogens is 318 g/mol. The summed E-state index contributed by atoms with van der Waals surface area (Å²) in [6.45, 7) is 0.288. The molecule has 1 aliphatic rings. The fourth-order valence-corrected chi connectivity index (χ4v) is 2.37. The quantitative estimate of drug-likeness (QED) is 0.920. The number of fused-ring (bicyclic) bond motifs is 1. The van der Waals surface area contributed by atoms with Crippen LogP contribution >= 0.6 is 0 Å². The molecule has 0 bridgehead atoms. The summed E-state index contributed by atoms with van der Waals surface area (Å²) in [5.41, 5.74) is 0.929. The normalized spacial score (nSPS) is 13.8. The van der Waals surface area contributed by atoms with Crippen LogP contribution in [0.4, 0.5) is 20.2 Å². The first-order valence-electron chi connectivity index (χ1n) is 7.25. The molecule has 0 fully saturated rings. The number of benzene rings is 2. The van der Waals surface area contributed by atoms with Crippen molar-refractivity contribution in [2.45, 2.75) is 6.42 Å². The van der Waals surface area contributed by atoms with Crippen LogP contribution in [0.3, 0.4) is 0 Å². The van der Waals surface area contributed by atoms with Crippen LogP contribution in [0.1, 0.15) is 16.8 Å². The van der Waals surface area contributed by atoms with Gasteiger partial charge >= 0.3 is 0 Å². The van der Waals surface area contributed by atoms with Gasteiger partial charge in [0, 0.05) is 18.3 Å². The smallest absolute Gasteiger partial charge is 0.255 e. The zero-order valence-corrected chi connectivity index (χ0v) is 12.8. The molecular formula is C17H14F2N2O3. The Morgan fingerprint density at radius 3 is 2.71 bits per heavy atom. The third-order valence-corrected chi connectivity index (χ3v) is 3.71. The lowest BCUT2D eigenvalue weighted by atomic mass is 10.2. The molecule has 124 valence electrons. The molecule has 0 spiro atoms. The summed E-state index contributed by atoms with van der Waals surface area (Å²) >= 11 is 0. The van der Waals surface area contributed by atoms with Crippen LogP contribution < -0.4 is 15.0 Å². The van der Waals surface area contributed by atoms with E-state index in [1.54, 1.807) is 25.2 Å². The highest BCUT2D eigenvalue weighted by molar-refractivity contribution is 6.05. The van der Waals surface area contributed by atoms with Crippen molar-refractivity contribution in [1.82, 2.24) is 0 Å². The summed E-state index contributed by atoms with van der Waals surface area (Å²) in [4.78, 5) is 25.5. The summed E-state index contributed by atoms with van der Waals surface area (Å²) in [7, 11) is 1.62. The Hall–Kier alpha value is -2.96. The highest BCUT2D eigenvalue weighted by Crippen LogP contribution is 2.33. The van der Waals surface area contributed by atoms with Crippen molar-refractivity contribution in [3.8, 4) is 5.75 Å². The van der Waals surface area contributed by atoms with Gasteiger partial charge in [0.15, 0.2) is 11.6 Å². The van der Waals surface area contributed by atoms with Crippen molar-refractivity contribution in [2.24, 2.45) is 0 Å². The molecule has 1 aliphatic heterocycles. The van der Waals surface area contributed by atoms with E-state index in [1.807, 2.05) is 0 Å². The fourth-order valence-electron chi connectivity index (χ4n) is 2.37. The fraction of sp³-hybridized carbons (Fsp3) is 0.176. The minimum absolute atomic E-state index is 0.00970. The zero-order chi connectivity index (χ0) is 17.3. The van der Waals surface area contributed by atoms with Gasteiger partial charge in [-0.2, -0.15) is 0 Å². The molecule has 0 saturated carbocycles. The minimum Gasteiger partial charge on any atom is -0.491 e. The third kappa shape index (κ3) is 3.05. The van der Waals surface area contributed by atoms with Gasteiger partial charge in [0.25, 0.3) is 5.91 Å². The van der Waals surface area contributed by atoms with Crippen molar-refractivity contribution in [1.29, 1.82) is 0 Å². The van der Waals surface area contributed by atoms with E-state index in [0.717, 1.165) is 12.1 Å². The van der Waals surface area contributed by atoms with Gasteiger partial charge in [-0.1, -0.05) is 0 Å². The predicted molar refractivity (Wildman–Crippen MR) is 84.3 cm³/mol. The molecule has 0 aromatic heterocycles. The summed E-state index contributed by atoms with van der Waals surface area (Å²) < 4.78 is 31.7. The number of ether oxygens (including phenoxy) is 1. The molecule has 7 heteroatoms. The number of carbonyl (C=O) groups is 2. The van der Waals surface area contributed by atoms with Crippen molar-refractivity contribution in [3.63, 3.8) is 0 Å². The monoisotopic (exact) mass is 332 g/mol. The number of carbonyl (C=O) groups excluding carboxylic acids is 2. The Morgan fingerprint density at radius 1 is 1.17 bits per heavy atom. The number of amides is 2. The molecule has 0 aliphatic carbocycles. The summed E-state index contributed by atoms with van der Waals surface area (Å²) in [6, 6.07) is 7.76. The Kier molecular flexibility index (Phi) is 4.16. The molecule has 1 heterocycles. The lowest BCUT2D eigenvalue weighted by Gasteiger charge is -2.17. The minimum atomic E-state index is -1.09. The van der Waals surface area contributed by atoms with E-state index in [2.05, 4.69) is 5.32 Å². The number of hydrogen-bond donors (Lipinski definition) is 1. The zero-order valence-electron chi connectivity index (χ0n) is 12.8. The molecule has 2 aromatic carbocycles. The maximum atomic E-state index is 13.2. The van der Waals surface area contributed by atoms with Gasteiger partial charge in [-0.15, -0.1) is 0 Å². The summed E-state index contributed by atoms with van der Waals surface area (Å²) in [5, 5.41) is 2.59. The van der Waals surface area contributed by atoms with E-state index in [4.69, 9.17) is 4.74 Å². The van der Waals surface area contributed by atoms with E-state index in [1.165, 1.54) is 11.0 Å². The number of anilines is 2. The molecule has 1 N–H and O–H groups in total. The Balaban J connectivity index is 1.85. The van der Waals surface area contributed by atoms with Crippen molar-refractivity contribution in [2.75, 3.05) is 23.9 Å². The molecule has 0 radical (unpaired) electrons. The van der Waals surface area contributed by atoms with Gasteiger partial charge in [0.1, 0.15) is 5.75 Å². The van der Waals surface area contributed by atoms with Gasteiger partial charge in [0.05, 0.1) is 18.7 Å². The van der Waals surface area contributed by atoms with Gasteiger partial charge in [-0.3, -0.25) is 9.59 Å². The predicted octanol–water partition coefficient (Wildman–Crippen LogP) is 2.96. The highest BCUT2D eigenvalue weighted by atomic mass is 19.2. The third-order valence-electron chi connectivity index (χ3n) is 3.71. The maximum absolute atomic E-state index is 13.2. The van der Waals surface area contributed by atoms with E-state index < -0.39 is 17.5 Å².